The van der Waals surface area contributed by atoms with Crippen LogP contribution in [0.3, 0.4) is 0 Å². The van der Waals surface area contributed by atoms with Crippen LogP contribution in [0.15, 0.2) is 11.1 Å². The molecule has 0 radical (unpaired) electrons. The van der Waals surface area contributed by atoms with Crippen molar-refractivity contribution in [3.05, 3.63) is 11.1 Å². The van der Waals surface area contributed by atoms with Gasteiger partial charge < -0.3 is 14.9 Å². The number of fused-ring (bicyclic) bond motifs is 3. The monoisotopic (exact) mass is 364 g/mol. The molecule has 0 aliphatic heterocycles. The summed E-state index contributed by atoms with van der Waals surface area (Å²) in [4.78, 5) is 25.4. The van der Waals surface area contributed by atoms with Crippen LogP contribution >= 0.6 is 0 Å². The Morgan fingerprint density at radius 2 is 1.96 bits per heavy atom. The zero-order valence-electron chi connectivity index (χ0n) is 16.4. The molecule has 146 valence electrons. The van der Waals surface area contributed by atoms with E-state index in [2.05, 4.69) is 6.92 Å². The van der Waals surface area contributed by atoms with E-state index in [-0.39, 0.29) is 30.2 Å². The summed E-state index contributed by atoms with van der Waals surface area (Å²) in [6, 6.07) is 0. The van der Waals surface area contributed by atoms with Crippen molar-refractivity contribution in [1.29, 1.82) is 0 Å². The first-order valence-electron chi connectivity index (χ1n) is 9.81. The molecule has 0 spiro atoms. The number of aliphatic hydroxyl groups excluding tert-OH is 1. The van der Waals surface area contributed by atoms with Gasteiger partial charge in [-0.15, -0.1) is 0 Å². The molecule has 0 aromatic heterocycles. The number of Topliss-reactive ketones (excluding diaryl/α,β-unsaturated/α-hetero) is 1. The third-order valence-electron chi connectivity index (χ3n) is 8.12. The number of ketones is 1. The van der Waals surface area contributed by atoms with Crippen LogP contribution < -0.4 is 0 Å². The molecular weight excluding hydrogens is 332 g/mol. The van der Waals surface area contributed by atoms with Crippen LogP contribution in [0.2, 0.25) is 0 Å². The van der Waals surface area contributed by atoms with E-state index in [1.165, 1.54) is 7.11 Å². The fraction of sp³-hybridized carbons (Fsp3) is 0.810. The molecule has 3 rings (SSSR count). The Morgan fingerprint density at radius 1 is 1.27 bits per heavy atom. The van der Waals surface area contributed by atoms with Gasteiger partial charge in [-0.1, -0.05) is 18.9 Å². The molecule has 5 atom stereocenters. The van der Waals surface area contributed by atoms with Crippen LogP contribution in [-0.2, 0) is 14.3 Å². The lowest BCUT2D eigenvalue weighted by atomic mass is 9.41. The molecule has 0 aromatic rings. The number of carbonyl (C=O) groups is 2. The quantitative estimate of drug-likeness (QED) is 0.753. The summed E-state index contributed by atoms with van der Waals surface area (Å²) in [5.41, 5.74) is -0.755. The van der Waals surface area contributed by atoms with E-state index in [1.54, 1.807) is 0 Å². The third-order valence-corrected chi connectivity index (χ3v) is 8.12. The highest BCUT2D eigenvalue weighted by molar-refractivity contribution is 5.97. The summed E-state index contributed by atoms with van der Waals surface area (Å²) in [6.07, 6.45) is 4.37. The van der Waals surface area contributed by atoms with Gasteiger partial charge in [-0.25, -0.2) is 0 Å². The van der Waals surface area contributed by atoms with Gasteiger partial charge in [0, 0.05) is 18.4 Å². The number of carbonyl (C=O) groups excluding carboxylic acids is 2. The molecule has 2 saturated carbocycles. The first-order valence-corrected chi connectivity index (χ1v) is 9.81. The van der Waals surface area contributed by atoms with Crippen molar-refractivity contribution >= 4 is 11.8 Å². The Hall–Kier alpha value is -1.20. The van der Waals surface area contributed by atoms with Gasteiger partial charge in [0.05, 0.1) is 18.1 Å². The zero-order valence-corrected chi connectivity index (χ0v) is 16.4. The van der Waals surface area contributed by atoms with Crippen molar-refractivity contribution in [2.75, 3.05) is 13.7 Å². The lowest BCUT2D eigenvalue weighted by Crippen LogP contribution is -2.68. The molecule has 3 aliphatic rings. The molecule has 0 unspecified atom stereocenters. The summed E-state index contributed by atoms with van der Waals surface area (Å²) < 4.78 is 5.08. The molecule has 0 heterocycles. The maximum absolute atomic E-state index is 12.8. The minimum atomic E-state index is -1.17. The maximum Gasteiger partial charge on any atom is 0.314 e. The number of allylic oxidation sites excluding steroid dienone is 1. The molecule has 2 fully saturated rings. The average molecular weight is 364 g/mol. The lowest BCUT2D eigenvalue weighted by molar-refractivity contribution is -0.244. The Morgan fingerprint density at radius 3 is 2.58 bits per heavy atom. The summed E-state index contributed by atoms with van der Waals surface area (Å²) in [5, 5.41) is 21.2. The molecule has 5 heteroatoms. The van der Waals surface area contributed by atoms with Crippen LogP contribution in [0.25, 0.3) is 0 Å². The Labute approximate surface area is 155 Å². The minimum Gasteiger partial charge on any atom is -0.469 e. The van der Waals surface area contributed by atoms with E-state index in [0.717, 1.165) is 30.4 Å². The average Bonchev–Trinajstić information content (AvgIpc) is 2.60. The number of ether oxygens (including phenoxy) is 1. The Bertz CT molecular complexity index is 653. The smallest absolute Gasteiger partial charge is 0.314 e. The molecule has 0 saturated heterocycles. The van der Waals surface area contributed by atoms with Gasteiger partial charge in [0.25, 0.3) is 0 Å². The molecule has 0 bridgehead atoms. The van der Waals surface area contributed by atoms with Crippen molar-refractivity contribution < 1.29 is 24.5 Å². The molecule has 0 amide bonds. The Balaban J connectivity index is 2.06. The van der Waals surface area contributed by atoms with Crippen LogP contribution in [0.4, 0.5) is 0 Å². The highest BCUT2D eigenvalue weighted by atomic mass is 16.5. The highest BCUT2D eigenvalue weighted by Crippen LogP contribution is 2.66. The predicted molar refractivity (Wildman–Crippen MR) is 97.3 cm³/mol. The fourth-order valence-electron chi connectivity index (χ4n) is 6.51. The first-order chi connectivity index (χ1) is 12.2. The van der Waals surface area contributed by atoms with E-state index in [0.29, 0.717) is 25.7 Å². The van der Waals surface area contributed by atoms with Gasteiger partial charge in [-0.2, -0.15) is 0 Å². The van der Waals surface area contributed by atoms with E-state index < -0.39 is 16.4 Å². The standard InChI is InChI=1S/C21H32O5/c1-13-14-6-10-21(25)19(2,8-5-9-20(21,3)18(24)26-4)16(14)12-17(23)15(13)7-11-22/h14,16,22,25H,5-12H2,1-4H3/t14-,16-,19+,20+,21-/m0/s1. The molecule has 26 heavy (non-hydrogen) atoms. The topological polar surface area (TPSA) is 83.8 Å². The Kier molecular flexibility index (Phi) is 4.85. The lowest BCUT2D eigenvalue weighted by Gasteiger charge is -2.64. The van der Waals surface area contributed by atoms with E-state index in [1.807, 2.05) is 13.8 Å². The summed E-state index contributed by atoms with van der Waals surface area (Å²) in [6.45, 7) is 5.90. The van der Waals surface area contributed by atoms with Crippen molar-refractivity contribution in [1.82, 2.24) is 0 Å². The van der Waals surface area contributed by atoms with Crippen LogP contribution in [0, 0.1) is 22.7 Å². The maximum atomic E-state index is 12.8. The minimum absolute atomic E-state index is 0.0165. The molecular formula is C21H32O5. The number of hydrogen-bond donors (Lipinski definition) is 2. The van der Waals surface area contributed by atoms with Crippen molar-refractivity contribution in [2.24, 2.45) is 22.7 Å². The second-order valence-electron chi connectivity index (χ2n) is 8.97. The van der Waals surface area contributed by atoms with Crippen molar-refractivity contribution in [3.63, 3.8) is 0 Å². The fourth-order valence-corrected chi connectivity index (χ4v) is 6.51. The van der Waals surface area contributed by atoms with Crippen molar-refractivity contribution in [2.45, 2.75) is 71.3 Å². The first kappa shape index (κ1) is 19.6. The van der Waals surface area contributed by atoms with Crippen molar-refractivity contribution in [3.8, 4) is 0 Å². The molecule has 2 N–H and O–H groups in total. The van der Waals surface area contributed by atoms with Gasteiger partial charge in [0.1, 0.15) is 0 Å². The summed E-state index contributed by atoms with van der Waals surface area (Å²) in [5.74, 6) is 0.00774. The number of hydrogen-bond acceptors (Lipinski definition) is 5. The second-order valence-corrected chi connectivity index (χ2v) is 8.97. The van der Waals surface area contributed by atoms with Gasteiger partial charge in [-0.05, 0) is 63.4 Å². The van der Waals surface area contributed by atoms with E-state index in [9.17, 15) is 19.8 Å². The molecule has 0 aromatic carbocycles. The van der Waals surface area contributed by atoms with Crippen LogP contribution in [-0.4, -0.2) is 41.3 Å². The van der Waals surface area contributed by atoms with Gasteiger partial charge in [-0.3, -0.25) is 9.59 Å². The number of aliphatic hydroxyl groups is 2. The van der Waals surface area contributed by atoms with E-state index in [4.69, 9.17) is 4.74 Å². The molecule has 3 aliphatic carbocycles. The largest absolute Gasteiger partial charge is 0.469 e. The summed E-state index contributed by atoms with van der Waals surface area (Å²) in [7, 11) is 1.38. The molecule has 5 nitrogen and oxygen atoms in total. The van der Waals surface area contributed by atoms with Gasteiger partial charge in [0.15, 0.2) is 5.78 Å². The highest BCUT2D eigenvalue weighted by Gasteiger charge is 2.69. The summed E-state index contributed by atoms with van der Waals surface area (Å²) >= 11 is 0. The second kappa shape index (κ2) is 6.45. The number of methoxy groups -OCH3 is 1. The zero-order chi connectivity index (χ0) is 19.3. The number of rotatable bonds is 3. The predicted octanol–water partition coefficient (Wildman–Crippen LogP) is 2.78. The van der Waals surface area contributed by atoms with Gasteiger partial charge >= 0.3 is 5.97 Å². The number of esters is 1. The SMILES string of the molecule is COC(=O)[C@@]1(C)CCC[C@]2(C)[C@H]3CC(=O)C(CCO)=C(C)[C@@H]3CC[C@@]12O. The third kappa shape index (κ3) is 2.36. The van der Waals surface area contributed by atoms with Crippen LogP contribution in [0.1, 0.15) is 65.7 Å². The van der Waals surface area contributed by atoms with Gasteiger partial charge in [0.2, 0.25) is 0 Å². The van der Waals surface area contributed by atoms with E-state index >= 15 is 0 Å². The normalized spacial score (nSPS) is 42.9. The van der Waals surface area contributed by atoms with Crippen LogP contribution in [0.5, 0.6) is 0 Å².